The Morgan fingerprint density at radius 1 is 1.30 bits per heavy atom. The molecule has 0 spiro atoms. The third kappa shape index (κ3) is 3.58. The van der Waals surface area contributed by atoms with Crippen LogP contribution in [0.3, 0.4) is 0 Å². The Bertz CT molecular complexity index is 480. The zero-order valence-corrected chi connectivity index (χ0v) is 12.7. The highest BCUT2D eigenvalue weighted by Gasteiger charge is 2.19. The first-order valence-corrected chi connectivity index (χ1v) is 7.32. The lowest BCUT2D eigenvalue weighted by atomic mass is 10.0. The molecule has 1 aliphatic heterocycles. The molecule has 1 heterocycles. The minimum atomic E-state index is 0.155. The standard InChI is InChI=1S/C16H24N2O2/c1-4-20-16-13(3)9-12(2)10-14(16)15(19)11-18-7-5-17-6-8-18/h9-10,17H,4-8,11H2,1-3H3. The van der Waals surface area contributed by atoms with Crippen LogP contribution in [0.5, 0.6) is 5.75 Å². The number of nitrogens with one attached hydrogen (secondary N) is 1. The smallest absolute Gasteiger partial charge is 0.180 e. The van der Waals surface area contributed by atoms with Gasteiger partial charge < -0.3 is 10.1 Å². The number of piperazine rings is 1. The summed E-state index contributed by atoms with van der Waals surface area (Å²) < 4.78 is 5.68. The number of hydrogen-bond acceptors (Lipinski definition) is 4. The van der Waals surface area contributed by atoms with Crippen molar-refractivity contribution < 1.29 is 9.53 Å². The molecule has 0 aliphatic carbocycles. The molecule has 4 heteroatoms. The van der Waals surface area contributed by atoms with E-state index in [0.717, 1.165) is 48.6 Å². The number of hydrogen-bond donors (Lipinski definition) is 1. The highest BCUT2D eigenvalue weighted by atomic mass is 16.5. The van der Waals surface area contributed by atoms with E-state index in [1.165, 1.54) is 0 Å². The van der Waals surface area contributed by atoms with Gasteiger partial charge in [0.25, 0.3) is 0 Å². The number of ether oxygens (including phenoxy) is 1. The van der Waals surface area contributed by atoms with Crippen molar-refractivity contribution in [1.82, 2.24) is 10.2 Å². The van der Waals surface area contributed by atoms with Gasteiger partial charge in [-0.1, -0.05) is 6.07 Å². The Hall–Kier alpha value is -1.39. The normalized spacial score (nSPS) is 16.1. The number of Topliss-reactive ketones (excluding diaryl/α,β-unsaturated/α-hetero) is 1. The van der Waals surface area contributed by atoms with Crippen molar-refractivity contribution in [3.8, 4) is 5.75 Å². The van der Waals surface area contributed by atoms with Crippen LogP contribution in [0, 0.1) is 13.8 Å². The van der Waals surface area contributed by atoms with Crippen LogP contribution in [-0.4, -0.2) is 50.0 Å². The topological polar surface area (TPSA) is 41.6 Å². The van der Waals surface area contributed by atoms with E-state index < -0.39 is 0 Å². The summed E-state index contributed by atoms with van der Waals surface area (Å²) >= 11 is 0. The first-order valence-electron chi connectivity index (χ1n) is 7.32. The van der Waals surface area contributed by atoms with Crippen molar-refractivity contribution in [3.05, 3.63) is 28.8 Å². The molecule has 1 aliphatic rings. The summed E-state index contributed by atoms with van der Waals surface area (Å²) in [5.41, 5.74) is 2.87. The lowest BCUT2D eigenvalue weighted by Crippen LogP contribution is -2.45. The number of aryl methyl sites for hydroxylation is 2. The molecule has 0 radical (unpaired) electrons. The lowest BCUT2D eigenvalue weighted by molar-refractivity contribution is 0.0917. The number of rotatable bonds is 5. The van der Waals surface area contributed by atoms with Gasteiger partial charge in [0.15, 0.2) is 5.78 Å². The number of carbonyl (C=O) groups is 1. The van der Waals surface area contributed by atoms with Crippen LogP contribution in [0.25, 0.3) is 0 Å². The van der Waals surface area contributed by atoms with E-state index in [9.17, 15) is 4.79 Å². The van der Waals surface area contributed by atoms with Crippen LogP contribution in [0.2, 0.25) is 0 Å². The fraction of sp³-hybridized carbons (Fsp3) is 0.562. The maximum absolute atomic E-state index is 12.6. The summed E-state index contributed by atoms with van der Waals surface area (Å²) in [6.45, 7) is 10.8. The molecule has 0 bridgehead atoms. The van der Waals surface area contributed by atoms with E-state index >= 15 is 0 Å². The van der Waals surface area contributed by atoms with Gasteiger partial charge in [-0.3, -0.25) is 9.69 Å². The molecule has 1 aromatic carbocycles. The molecule has 2 rings (SSSR count). The number of ketones is 1. The molecule has 0 saturated carbocycles. The van der Waals surface area contributed by atoms with Gasteiger partial charge in [0, 0.05) is 26.2 Å². The van der Waals surface area contributed by atoms with Crippen LogP contribution < -0.4 is 10.1 Å². The fourth-order valence-corrected chi connectivity index (χ4v) is 2.65. The van der Waals surface area contributed by atoms with E-state index in [0.29, 0.717) is 13.2 Å². The molecule has 20 heavy (non-hydrogen) atoms. The van der Waals surface area contributed by atoms with Crippen LogP contribution in [-0.2, 0) is 0 Å². The molecule has 1 saturated heterocycles. The van der Waals surface area contributed by atoms with E-state index in [-0.39, 0.29) is 5.78 Å². The molecular formula is C16H24N2O2. The third-order valence-corrected chi connectivity index (χ3v) is 3.58. The summed E-state index contributed by atoms with van der Waals surface area (Å²) in [5, 5.41) is 3.30. The second-order valence-corrected chi connectivity index (χ2v) is 5.34. The molecule has 0 atom stereocenters. The Balaban J connectivity index is 2.19. The first-order chi connectivity index (χ1) is 9.61. The van der Waals surface area contributed by atoms with Crippen molar-refractivity contribution in [2.24, 2.45) is 0 Å². The van der Waals surface area contributed by atoms with E-state index in [1.54, 1.807) is 0 Å². The summed E-state index contributed by atoms with van der Waals surface area (Å²) in [6.07, 6.45) is 0. The molecule has 4 nitrogen and oxygen atoms in total. The average Bonchev–Trinajstić information content (AvgIpc) is 2.42. The van der Waals surface area contributed by atoms with Gasteiger partial charge in [-0.05, 0) is 38.0 Å². The molecular weight excluding hydrogens is 252 g/mol. The highest BCUT2D eigenvalue weighted by Crippen LogP contribution is 2.26. The molecule has 1 fully saturated rings. The van der Waals surface area contributed by atoms with Gasteiger partial charge in [0.1, 0.15) is 5.75 Å². The monoisotopic (exact) mass is 276 g/mol. The van der Waals surface area contributed by atoms with Crippen LogP contribution in [0.4, 0.5) is 0 Å². The minimum Gasteiger partial charge on any atom is -0.493 e. The molecule has 0 unspecified atom stereocenters. The van der Waals surface area contributed by atoms with Crippen molar-refractivity contribution >= 4 is 5.78 Å². The van der Waals surface area contributed by atoms with E-state index in [4.69, 9.17) is 4.74 Å². The lowest BCUT2D eigenvalue weighted by Gasteiger charge is -2.26. The van der Waals surface area contributed by atoms with Gasteiger partial charge >= 0.3 is 0 Å². The van der Waals surface area contributed by atoms with Crippen molar-refractivity contribution in [2.45, 2.75) is 20.8 Å². The van der Waals surface area contributed by atoms with Crippen molar-refractivity contribution in [3.63, 3.8) is 0 Å². The summed E-state index contributed by atoms with van der Waals surface area (Å²) in [4.78, 5) is 14.8. The van der Waals surface area contributed by atoms with E-state index in [2.05, 4.69) is 16.3 Å². The average molecular weight is 276 g/mol. The minimum absolute atomic E-state index is 0.155. The van der Waals surface area contributed by atoms with Crippen LogP contribution in [0.1, 0.15) is 28.4 Å². The van der Waals surface area contributed by atoms with Gasteiger partial charge in [-0.25, -0.2) is 0 Å². The second-order valence-electron chi connectivity index (χ2n) is 5.34. The number of nitrogens with zero attached hydrogens (tertiary/aromatic N) is 1. The van der Waals surface area contributed by atoms with Gasteiger partial charge in [-0.15, -0.1) is 0 Å². The van der Waals surface area contributed by atoms with Crippen molar-refractivity contribution in [2.75, 3.05) is 39.3 Å². The molecule has 0 aromatic heterocycles. The predicted molar refractivity (Wildman–Crippen MR) is 80.7 cm³/mol. The summed E-state index contributed by atoms with van der Waals surface area (Å²) in [5.74, 6) is 0.903. The summed E-state index contributed by atoms with van der Waals surface area (Å²) in [7, 11) is 0. The molecule has 110 valence electrons. The van der Waals surface area contributed by atoms with Crippen LogP contribution in [0.15, 0.2) is 12.1 Å². The third-order valence-electron chi connectivity index (χ3n) is 3.58. The SMILES string of the molecule is CCOc1c(C)cc(C)cc1C(=O)CN1CCNCC1. The Morgan fingerprint density at radius 3 is 2.65 bits per heavy atom. The second kappa shape index (κ2) is 6.86. The molecule has 1 N–H and O–H groups in total. The fourth-order valence-electron chi connectivity index (χ4n) is 2.65. The maximum Gasteiger partial charge on any atom is 0.180 e. The first kappa shape index (κ1) is 15.0. The van der Waals surface area contributed by atoms with Gasteiger partial charge in [0.2, 0.25) is 0 Å². The maximum atomic E-state index is 12.6. The predicted octanol–water partition coefficient (Wildman–Crippen LogP) is 1.79. The highest BCUT2D eigenvalue weighted by molar-refractivity contribution is 6.00. The Labute approximate surface area is 121 Å². The largest absolute Gasteiger partial charge is 0.493 e. The zero-order valence-electron chi connectivity index (χ0n) is 12.7. The van der Waals surface area contributed by atoms with E-state index in [1.807, 2.05) is 26.8 Å². The molecule has 0 amide bonds. The van der Waals surface area contributed by atoms with Crippen LogP contribution >= 0.6 is 0 Å². The quantitative estimate of drug-likeness (QED) is 0.833. The summed E-state index contributed by atoms with van der Waals surface area (Å²) in [6, 6.07) is 4.01. The Morgan fingerprint density at radius 2 is 2.00 bits per heavy atom. The van der Waals surface area contributed by atoms with Gasteiger partial charge in [-0.2, -0.15) is 0 Å². The van der Waals surface area contributed by atoms with Crippen molar-refractivity contribution in [1.29, 1.82) is 0 Å². The number of benzene rings is 1. The van der Waals surface area contributed by atoms with Gasteiger partial charge in [0.05, 0.1) is 18.7 Å². The Kier molecular flexibility index (Phi) is 5.15. The number of carbonyl (C=O) groups excluding carboxylic acids is 1. The molecule has 1 aromatic rings. The zero-order chi connectivity index (χ0) is 14.5.